The van der Waals surface area contributed by atoms with Crippen molar-refractivity contribution in [2.75, 3.05) is 13.2 Å². The van der Waals surface area contributed by atoms with E-state index in [9.17, 15) is 4.79 Å². The van der Waals surface area contributed by atoms with Gasteiger partial charge in [-0.1, -0.05) is 39.2 Å². The number of unbranched alkanes of at least 4 members (excludes halogenated alkanes) is 1. The summed E-state index contributed by atoms with van der Waals surface area (Å²) in [6.45, 7) is 5.28. The highest BCUT2D eigenvalue weighted by atomic mass is 16.5. The zero-order chi connectivity index (χ0) is 16.5. The van der Waals surface area contributed by atoms with Gasteiger partial charge in [0.25, 0.3) is 5.91 Å². The van der Waals surface area contributed by atoms with E-state index >= 15 is 0 Å². The van der Waals surface area contributed by atoms with Crippen molar-refractivity contribution in [3.8, 4) is 5.75 Å². The lowest BCUT2D eigenvalue weighted by atomic mass is 9.92. The van der Waals surface area contributed by atoms with Gasteiger partial charge in [0.15, 0.2) is 6.61 Å². The molecule has 1 aliphatic rings. The van der Waals surface area contributed by atoms with E-state index in [0.29, 0.717) is 5.92 Å². The standard InChI is InChI=1S/C20H31NO2/c1-3-5-8-16(4-2)14-21-20(22)15-23-19-12-11-17-9-6-7-10-18(17)13-19/h11-13,16H,3-10,14-15H2,1-2H3,(H,21,22)/t16-/m0/s1. The molecule has 1 amide bonds. The van der Waals surface area contributed by atoms with Crippen molar-refractivity contribution in [1.82, 2.24) is 5.32 Å². The van der Waals surface area contributed by atoms with Crippen LogP contribution in [0.1, 0.15) is 63.5 Å². The average molecular weight is 317 g/mol. The Kier molecular flexibility index (Phi) is 7.44. The molecule has 0 radical (unpaired) electrons. The van der Waals surface area contributed by atoms with Crippen LogP contribution in [0, 0.1) is 5.92 Å². The maximum atomic E-state index is 12.0. The molecule has 0 heterocycles. The van der Waals surface area contributed by atoms with E-state index in [1.165, 1.54) is 49.7 Å². The molecule has 0 fully saturated rings. The minimum Gasteiger partial charge on any atom is -0.484 e. The number of rotatable bonds is 9. The van der Waals surface area contributed by atoms with Crippen LogP contribution in [0.3, 0.4) is 0 Å². The number of hydrogen-bond acceptors (Lipinski definition) is 2. The van der Waals surface area contributed by atoms with Gasteiger partial charge in [-0.05, 0) is 61.3 Å². The first-order chi connectivity index (χ1) is 11.2. The van der Waals surface area contributed by atoms with Crippen LogP contribution in [-0.4, -0.2) is 19.1 Å². The van der Waals surface area contributed by atoms with E-state index in [2.05, 4.69) is 31.3 Å². The van der Waals surface area contributed by atoms with E-state index in [1.54, 1.807) is 0 Å². The zero-order valence-corrected chi connectivity index (χ0v) is 14.7. The van der Waals surface area contributed by atoms with Crippen LogP contribution in [-0.2, 0) is 17.6 Å². The van der Waals surface area contributed by atoms with Crippen molar-refractivity contribution < 1.29 is 9.53 Å². The van der Waals surface area contributed by atoms with Gasteiger partial charge in [-0.2, -0.15) is 0 Å². The third kappa shape index (κ3) is 5.89. The molecule has 0 unspecified atom stereocenters. The van der Waals surface area contributed by atoms with E-state index in [4.69, 9.17) is 4.74 Å². The predicted molar refractivity (Wildman–Crippen MR) is 94.9 cm³/mol. The van der Waals surface area contributed by atoms with Crippen molar-refractivity contribution in [3.63, 3.8) is 0 Å². The Morgan fingerprint density at radius 2 is 2.00 bits per heavy atom. The molecule has 1 N–H and O–H groups in total. The fourth-order valence-electron chi connectivity index (χ4n) is 3.20. The van der Waals surface area contributed by atoms with Crippen LogP contribution in [0.4, 0.5) is 0 Å². The summed E-state index contributed by atoms with van der Waals surface area (Å²) >= 11 is 0. The Labute approximate surface area is 140 Å². The van der Waals surface area contributed by atoms with Crippen molar-refractivity contribution in [3.05, 3.63) is 29.3 Å². The average Bonchev–Trinajstić information content (AvgIpc) is 2.60. The van der Waals surface area contributed by atoms with Crippen LogP contribution in [0.15, 0.2) is 18.2 Å². The predicted octanol–water partition coefficient (Wildman–Crippen LogP) is 4.28. The van der Waals surface area contributed by atoms with E-state index < -0.39 is 0 Å². The molecule has 128 valence electrons. The molecule has 0 spiro atoms. The summed E-state index contributed by atoms with van der Waals surface area (Å²) in [5, 5.41) is 3.01. The molecule has 0 saturated heterocycles. The lowest BCUT2D eigenvalue weighted by Gasteiger charge is -2.17. The first-order valence-corrected chi connectivity index (χ1v) is 9.24. The van der Waals surface area contributed by atoms with Crippen LogP contribution in [0.2, 0.25) is 0 Å². The van der Waals surface area contributed by atoms with Crippen LogP contribution in [0.25, 0.3) is 0 Å². The molecular weight excluding hydrogens is 286 g/mol. The Hall–Kier alpha value is -1.51. The molecule has 0 aliphatic heterocycles. The number of benzene rings is 1. The van der Waals surface area contributed by atoms with Gasteiger partial charge >= 0.3 is 0 Å². The molecule has 3 nitrogen and oxygen atoms in total. The van der Waals surface area contributed by atoms with E-state index in [0.717, 1.165) is 25.1 Å². The molecule has 0 bridgehead atoms. The van der Waals surface area contributed by atoms with Crippen molar-refractivity contribution in [1.29, 1.82) is 0 Å². The summed E-state index contributed by atoms with van der Waals surface area (Å²) in [6, 6.07) is 6.25. The summed E-state index contributed by atoms with van der Waals surface area (Å²) in [6.07, 6.45) is 9.61. The highest BCUT2D eigenvalue weighted by Crippen LogP contribution is 2.25. The number of ether oxygens (including phenoxy) is 1. The normalized spacial score (nSPS) is 14.9. The van der Waals surface area contributed by atoms with Crippen LogP contribution >= 0.6 is 0 Å². The molecule has 23 heavy (non-hydrogen) atoms. The summed E-state index contributed by atoms with van der Waals surface area (Å²) in [7, 11) is 0. The first-order valence-electron chi connectivity index (χ1n) is 9.24. The van der Waals surface area contributed by atoms with Gasteiger partial charge in [0, 0.05) is 6.54 Å². The molecule has 1 atom stereocenters. The SMILES string of the molecule is CCCC[C@H](CC)CNC(=O)COc1ccc2c(c1)CCCC2. The Morgan fingerprint density at radius 3 is 2.74 bits per heavy atom. The van der Waals surface area contributed by atoms with Crippen molar-refractivity contribution in [2.24, 2.45) is 5.92 Å². The number of aryl methyl sites for hydroxylation is 2. The topological polar surface area (TPSA) is 38.3 Å². The third-order valence-corrected chi connectivity index (χ3v) is 4.82. The smallest absolute Gasteiger partial charge is 0.257 e. The summed E-state index contributed by atoms with van der Waals surface area (Å²) in [5.74, 6) is 1.39. The second-order valence-electron chi connectivity index (χ2n) is 6.65. The van der Waals surface area contributed by atoms with Crippen molar-refractivity contribution in [2.45, 2.75) is 65.2 Å². The Morgan fingerprint density at radius 1 is 1.22 bits per heavy atom. The van der Waals surface area contributed by atoms with Gasteiger partial charge in [0.1, 0.15) is 5.75 Å². The second-order valence-corrected chi connectivity index (χ2v) is 6.65. The number of nitrogens with one attached hydrogen (secondary N) is 1. The Bertz CT molecular complexity index is 498. The van der Waals surface area contributed by atoms with Gasteiger partial charge in [0.2, 0.25) is 0 Å². The summed E-state index contributed by atoms with van der Waals surface area (Å²) in [4.78, 5) is 12.0. The van der Waals surface area contributed by atoms with Crippen LogP contribution < -0.4 is 10.1 Å². The molecule has 3 heteroatoms. The maximum Gasteiger partial charge on any atom is 0.257 e. The number of carbonyl (C=O) groups is 1. The monoisotopic (exact) mass is 317 g/mol. The number of carbonyl (C=O) groups excluding carboxylic acids is 1. The van der Waals surface area contributed by atoms with Crippen LogP contribution in [0.5, 0.6) is 5.75 Å². The maximum absolute atomic E-state index is 12.0. The van der Waals surface area contributed by atoms with E-state index in [-0.39, 0.29) is 12.5 Å². The highest BCUT2D eigenvalue weighted by Gasteiger charge is 2.11. The third-order valence-electron chi connectivity index (χ3n) is 4.82. The van der Waals surface area contributed by atoms with Gasteiger partial charge in [0.05, 0.1) is 0 Å². The lowest BCUT2D eigenvalue weighted by molar-refractivity contribution is -0.123. The molecular formula is C20H31NO2. The minimum atomic E-state index is -0.0160. The minimum absolute atomic E-state index is 0.0160. The van der Waals surface area contributed by atoms with E-state index in [1.807, 2.05) is 6.07 Å². The lowest BCUT2D eigenvalue weighted by Crippen LogP contribution is -2.33. The Balaban J connectivity index is 1.73. The molecule has 1 aromatic rings. The van der Waals surface area contributed by atoms with Gasteiger partial charge in [-0.15, -0.1) is 0 Å². The number of hydrogen-bond donors (Lipinski definition) is 1. The molecule has 1 aromatic carbocycles. The second kappa shape index (κ2) is 9.59. The molecule has 2 rings (SSSR count). The molecule has 0 saturated carbocycles. The first kappa shape index (κ1) is 17.8. The highest BCUT2D eigenvalue weighted by molar-refractivity contribution is 5.77. The zero-order valence-electron chi connectivity index (χ0n) is 14.7. The molecule has 1 aliphatic carbocycles. The fourth-order valence-corrected chi connectivity index (χ4v) is 3.20. The van der Waals surface area contributed by atoms with Gasteiger partial charge in [-0.25, -0.2) is 0 Å². The number of fused-ring (bicyclic) bond motifs is 1. The summed E-state index contributed by atoms with van der Waals surface area (Å²) in [5.41, 5.74) is 2.83. The summed E-state index contributed by atoms with van der Waals surface area (Å²) < 4.78 is 5.67. The largest absolute Gasteiger partial charge is 0.484 e. The van der Waals surface area contributed by atoms with Gasteiger partial charge in [-0.3, -0.25) is 4.79 Å². The van der Waals surface area contributed by atoms with Gasteiger partial charge < -0.3 is 10.1 Å². The number of amides is 1. The molecule has 0 aromatic heterocycles. The quantitative estimate of drug-likeness (QED) is 0.738. The van der Waals surface area contributed by atoms with Crippen molar-refractivity contribution >= 4 is 5.91 Å². The fraction of sp³-hybridized carbons (Fsp3) is 0.650.